The molecule has 1 aromatic heterocycles. The van der Waals surface area contributed by atoms with E-state index in [4.69, 9.17) is 0 Å². The van der Waals surface area contributed by atoms with Crippen molar-refractivity contribution in [3.05, 3.63) is 41.7 Å². The summed E-state index contributed by atoms with van der Waals surface area (Å²) in [6, 6.07) is 7.11. The van der Waals surface area contributed by atoms with Gasteiger partial charge in [-0.3, -0.25) is 0 Å². The van der Waals surface area contributed by atoms with Gasteiger partial charge in [0, 0.05) is 30.5 Å². The Labute approximate surface area is 126 Å². The first-order chi connectivity index (χ1) is 10.4. The van der Waals surface area contributed by atoms with Gasteiger partial charge in [0.15, 0.2) is 0 Å². The highest BCUT2D eigenvalue weighted by Crippen LogP contribution is 2.66. The third-order valence-electron chi connectivity index (χ3n) is 4.92. The number of halogens is 2. The maximum absolute atomic E-state index is 13.0. The quantitative estimate of drug-likeness (QED) is 0.946. The normalized spacial score (nSPS) is 22.3. The summed E-state index contributed by atoms with van der Waals surface area (Å²) >= 11 is 0. The number of phenols is 1. The van der Waals surface area contributed by atoms with Crippen LogP contribution in [0.2, 0.25) is 0 Å². The zero-order chi connectivity index (χ0) is 15.4. The van der Waals surface area contributed by atoms with E-state index >= 15 is 0 Å². The smallest absolute Gasteiger partial charge is 0.249 e. The van der Waals surface area contributed by atoms with E-state index < -0.39 is 5.92 Å². The van der Waals surface area contributed by atoms with Crippen molar-refractivity contribution in [2.45, 2.75) is 44.1 Å². The lowest BCUT2D eigenvalue weighted by atomic mass is 9.50. The minimum Gasteiger partial charge on any atom is -0.508 e. The number of benzene rings is 1. The van der Waals surface area contributed by atoms with E-state index in [1.807, 2.05) is 18.3 Å². The van der Waals surface area contributed by atoms with Crippen LogP contribution in [0.1, 0.15) is 42.9 Å². The van der Waals surface area contributed by atoms with E-state index in [0.29, 0.717) is 6.54 Å². The van der Waals surface area contributed by atoms with E-state index in [1.165, 1.54) is 0 Å². The van der Waals surface area contributed by atoms with Crippen molar-refractivity contribution < 1.29 is 13.9 Å². The molecular formula is C16H17F2N3O. The average molecular weight is 305 g/mol. The first-order valence-electron chi connectivity index (χ1n) is 7.50. The Morgan fingerprint density at radius 1 is 1.23 bits per heavy atom. The van der Waals surface area contributed by atoms with Crippen LogP contribution >= 0.6 is 0 Å². The van der Waals surface area contributed by atoms with E-state index in [2.05, 4.69) is 10.3 Å². The Morgan fingerprint density at radius 3 is 2.64 bits per heavy atom. The van der Waals surface area contributed by atoms with Crippen LogP contribution in [0.4, 0.5) is 8.78 Å². The molecule has 0 radical (unpaired) electrons. The van der Waals surface area contributed by atoms with Crippen molar-refractivity contribution in [1.29, 1.82) is 0 Å². The van der Waals surface area contributed by atoms with Crippen molar-refractivity contribution in [3.8, 4) is 5.75 Å². The topological polar surface area (TPSA) is 50.9 Å². The van der Waals surface area contributed by atoms with Gasteiger partial charge in [-0.15, -0.1) is 5.10 Å². The lowest BCUT2D eigenvalue weighted by Gasteiger charge is -2.56. The molecule has 0 atom stereocenters. The number of nitrogens with zero attached hydrogens (tertiary/aromatic N) is 3. The number of aromatic nitrogens is 3. The summed E-state index contributed by atoms with van der Waals surface area (Å²) < 4.78 is 27.7. The van der Waals surface area contributed by atoms with Gasteiger partial charge in [0.25, 0.3) is 0 Å². The highest BCUT2D eigenvalue weighted by atomic mass is 19.3. The predicted molar refractivity (Wildman–Crippen MR) is 75.8 cm³/mol. The standard InChI is InChI=1S/C16H17F2N3O/c17-16(18)9-15(10-16)5-12(6-15)13-8-21(20-19-13)7-11-3-1-2-4-14(11)22/h1-4,8,12,22H,5-7,9-10H2. The molecule has 1 heterocycles. The molecule has 1 N–H and O–H groups in total. The molecule has 1 aromatic carbocycles. The third kappa shape index (κ3) is 2.26. The molecule has 2 aliphatic rings. The van der Waals surface area contributed by atoms with Crippen LogP contribution < -0.4 is 0 Å². The predicted octanol–water partition coefficient (Wildman–Crippen LogP) is 3.32. The van der Waals surface area contributed by atoms with Gasteiger partial charge in [-0.1, -0.05) is 23.4 Å². The van der Waals surface area contributed by atoms with Crippen molar-refractivity contribution >= 4 is 0 Å². The number of aromatic hydroxyl groups is 1. The minimum absolute atomic E-state index is 0.0303. The molecule has 2 aromatic rings. The summed E-state index contributed by atoms with van der Waals surface area (Å²) in [5.74, 6) is -1.97. The summed E-state index contributed by atoms with van der Waals surface area (Å²) in [5, 5.41) is 18.0. The number of alkyl halides is 2. The number of rotatable bonds is 3. The molecular weight excluding hydrogens is 288 g/mol. The van der Waals surface area contributed by atoms with Gasteiger partial charge in [0.05, 0.1) is 12.2 Å². The summed E-state index contributed by atoms with van der Waals surface area (Å²) in [5.41, 5.74) is 1.51. The number of phenolic OH excluding ortho intramolecular Hbond substituents is 1. The second kappa shape index (κ2) is 4.51. The molecule has 0 saturated heterocycles. The Bertz CT molecular complexity index is 697. The zero-order valence-corrected chi connectivity index (χ0v) is 12.0. The second-order valence-electron chi connectivity index (χ2n) is 6.78. The molecule has 0 bridgehead atoms. The monoisotopic (exact) mass is 305 g/mol. The number of hydrogen-bond acceptors (Lipinski definition) is 3. The van der Waals surface area contributed by atoms with Crippen molar-refractivity contribution in [1.82, 2.24) is 15.0 Å². The molecule has 2 saturated carbocycles. The van der Waals surface area contributed by atoms with Crippen LogP contribution in [-0.2, 0) is 6.54 Å². The van der Waals surface area contributed by atoms with Crippen LogP contribution in [0, 0.1) is 5.41 Å². The molecule has 1 spiro atoms. The van der Waals surface area contributed by atoms with Crippen molar-refractivity contribution in [2.24, 2.45) is 5.41 Å². The number of hydrogen-bond donors (Lipinski definition) is 1. The highest BCUT2D eigenvalue weighted by molar-refractivity contribution is 5.31. The van der Waals surface area contributed by atoms with Crippen LogP contribution in [-0.4, -0.2) is 26.0 Å². The maximum atomic E-state index is 13.0. The van der Waals surface area contributed by atoms with Crippen molar-refractivity contribution in [2.75, 3.05) is 0 Å². The minimum atomic E-state index is -2.45. The van der Waals surface area contributed by atoms with Gasteiger partial charge in [0.1, 0.15) is 5.75 Å². The van der Waals surface area contributed by atoms with Crippen LogP contribution in [0.3, 0.4) is 0 Å². The molecule has 2 aliphatic carbocycles. The second-order valence-corrected chi connectivity index (χ2v) is 6.78. The van der Waals surface area contributed by atoms with E-state index in [9.17, 15) is 13.9 Å². The first kappa shape index (κ1) is 13.7. The highest BCUT2D eigenvalue weighted by Gasteiger charge is 2.62. The van der Waals surface area contributed by atoms with Gasteiger partial charge in [-0.2, -0.15) is 0 Å². The molecule has 22 heavy (non-hydrogen) atoms. The fraction of sp³-hybridized carbons (Fsp3) is 0.500. The SMILES string of the molecule is Oc1ccccc1Cn1cc(C2CC3(C2)CC(F)(F)C3)nn1. The summed E-state index contributed by atoms with van der Waals surface area (Å²) in [6.45, 7) is 0.454. The van der Waals surface area contributed by atoms with Gasteiger partial charge in [-0.25, -0.2) is 13.5 Å². The molecule has 116 valence electrons. The molecule has 0 amide bonds. The third-order valence-corrected chi connectivity index (χ3v) is 4.92. The first-order valence-corrected chi connectivity index (χ1v) is 7.50. The lowest BCUT2D eigenvalue weighted by Crippen LogP contribution is -2.52. The zero-order valence-electron chi connectivity index (χ0n) is 12.0. The van der Waals surface area contributed by atoms with E-state index in [1.54, 1.807) is 16.8 Å². The molecule has 0 unspecified atom stereocenters. The fourth-order valence-corrected chi connectivity index (χ4v) is 3.93. The van der Waals surface area contributed by atoms with Gasteiger partial charge >= 0.3 is 0 Å². The van der Waals surface area contributed by atoms with Gasteiger partial charge < -0.3 is 5.11 Å². The largest absolute Gasteiger partial charge is 0.508 e. The molecule has 4 nitrogen and oxygen atoms in total. The van der Waals surface area contributed by atoms with Gasteiger partial charge in [-0.05, 0) is 24.3 Å². The van der Waals surface area contributed by atoms with Crippen LogP contribution in [0.5, 0.6) is 5.75 Å². The van der Waals surface area contributed by atoms with Crippen LogP contribution in [0.25, 0.3) is 0 Å². The molecule has 4 rings (SSSR count). The van der Waals surface area contributed by atoms with E-state index in [-0.39, 0.29) is 29.9 Å². The summed E-state index contributed by atoms with van der Waals surface area (Å²) in [7, 11) is 0. The Morgan fingerprint density at radius 2 is 1.95 bits per heavy atom. The molecule has 6 heteroatoms. The summed E-state index contributed by atoms with van der Waals surface area (Å²) in [6.07, 6.45) is 3.50. The Hall–Kier alpha value is -1.98. The van der Waals surface area contributed by atoms with Crippen LogP contribution in [0.15, 0.2) is 30.5 Å². The fourth-order valence-electron chi connectivity index (χ4n) is 3.93. The number of para-hydroxylation sites is 1. The Kier molecular flexibility index (Phi) is 2.80. The average Bonchev–Trinajstić information content (AvgIpc) is 2.83. The lowest BCUT2D eigenvalue weighted by molar-refractivity contribution is -0.196. The molecule has 0 aliphatic heterocycles. The van der Waals surface area contributed by atoms with Gasteiger partial charge in [0.2, 0.25) is 5.92 Å². The summed E-state index contributed by atoms with van der Waals surface area (Å²) in [4.78, 5) is 0. The van der Waals surface area contributed by atoms with E-state index in [0.717, 1.165) is 24.1 Å². The Balaban J connectivity index is 1.40. The molecule has 2 fully saturated rings. The maximum Gasteiger partial charge on any atom is 0.249 e. The van der Waals surface area contributed by atoms with Crippen molar-refractivity contribution in [3.63, 3.8) is 0 Å².